The van der Waals surface area contributed by atoms with Gasteiger partial charge in [-0.1, -0.05) is 13.8 Å². The van der Waals surface area contributed by atoms with Gasteiger partial charge in [-0.15, -0.1) is 10.2 Å². The minimum absolute atomic E-state index is 0.183. The Morgan fingerprint density at radius 2 is 2.05 bits per heavy atom. The molecule has 0 amide bonds. The highest BCUT2D eigenvalue weighted by Crippen LogP contribution is 2.20. The van der Waals surface area contributed by atoms with Gasteiger partial charge in [-0.2, -0.15) is 9.90 Å². The molecule has 2 rings (SSSR count). The molecule has 0 saturated heterocycles. The van der Waals surface area contributed by atoms with Crippen molar-refractivity contribution >= 4 is 0 Å². The van der Waals surface area contributed by atoms with Gasteiger partial charge < -0.3 is 5.32 Å². The smallest absolute Gasteiger partial charge is 0.176 e. The molecule has 1 atom stereocenters. The lowest BCUT2D eigenvalue weighted by molar-refractivity contribution is 0.513. The SMILES string of the molecule is CCCNC(Cc1nnn(C)n1)c1cn(C)nc1CC. The highest BCUT2D eigenvalue weighted by Gasteiger charge is 2.19. The molecule has 0 fully saturated rings. The molecule has 0 aromatic carbocycles. The molecule has 0 aliphatic rings. The van der Waals surface area contributed by atoms with Crippen LogP contribution in [-0.2, 0) is 26.9 Å². The number of rotatable bonds is 7. The first-order valence-corrected chi connectivity index (χ1v) is 7.12. The summed E-state index contributed by atoms with van der Waals surface area (Å²) in [6, 6.07) is 0.183. The van der Waals surface area contributed by atoms with Crippen LogP contribution >= 0.6 is 0 Å². The molecule has 0 bridgehead atoms. The number of nitrogens with one attached hydrogen (secondary N) is 1. The van der Waals surface area contributed by atoms with E-state index in [4.69, 9.17) is 0 Å². The summed E-state index contributed by atoms with van der Waals surface area (Å²) in [4.78, 5) is 1.50. The van der Waals surface area contributed by atoms with Gasteiger partial charge in [0, 0.05) is 31.3 Å². The van der Waals surface area contributed by atoms with Crippen LogP contribution in [0.4, 0.5) is 0 Å². The molecule has 0 aliphatic carbocycles. The van der Waals surface area contributed by atoms with E-state index in [1.807, 2.05) is 11.7 Å². The van der Waals surface area contributed by atoms with E-state index >= 15 is 0 Å². The zero-order valence-electron chi connectivity index (χ0n) is 12.7. The van der Waals surface area contributed by atoms with Gasteiger partial charge >= 0.3 is 0 Å². The number of aryl methyl sites for hydroxylation is 3. The molecule has 2 heterocycles. The first-order valence-electron chi connectivity index (χ1n) is 7.12. The Morgan fingerprint density at radius 1 is 1.25 bits per heavy atom. The zero-order chi connectivity index (χ0) is 14.5. The van der Waals surface area contributed by atoms with Crippen LogP contribution in [0.15, 0.2) is 6.20 Å². The largest absolute Gasteiger partial charge is 0.309 e. The van der Waals surface area contributed by atoms with Gasteiger partial charge in [0.2, 0.25) is 0 Å². The summed E-state index contributed by atoms with van der Waals surface area (Å²) in [5, 5.41) is 20.3. The third kappa shape index (κ3) is 3.41. The molecule has 7 heteroatoms. The van der Waals surface area contributed by atoms with Crippen LogP contribution in [0.2, 0.25) is 0 Å². The Balaban J connectivity index is 2.21. The lowest BCUT2D eigenvalue weighted by Gasteiger charge is -2.16. The van der Waals surface area contributed by atoms with Crippen molar-refractivity contribution in [1.29, 1.82) is 0 Å². The minimum Gasteiger partial charge on any atom is -0.309 e. The van der Waals surface area contributed by atoms with Crippen LogP contribution < -0.4 is 5.32 Å². The lowest BCUT2D eigenvalue weighted by atomic mass is 10.0. The molecule has 110 valence electrons. The van der Waals surface area contributed by atoms with E-state index in [0.717, 1.165) is 37.3 Å². The summed E-state index contributed by atoms with van der Waals surface area (Å²) < 4.78 is 1.87. The quantitative estimate of drug-likeness (QED) is 0.810. The van der Waals surface area contributed by atoms with Gasteiger partial charge in [0.15, 0.2) is 5.82 Å². The zero-order valence-corrected chi connectivity index (χ0v) is 12.7. The van der Waals surface area contributed by atoms with Crippen molar-refractivity contribution in [3.8, 4) is 0 Å². The maximum absolute atomic E-state index is 4.52. The molecule has 0 radical (unpaired) electrons. The van der Waals surface area contributed by atoms with E-state index in [-0.39, 0.29) is 6.04 Å². The molecule has 1 N–H and O–H groups in total. The highest BCUT2D eigenvalue weighted by molar-refractivity contribution is 5.22. The van der Waals surface area contributed by atoms with Gasteiger partial charge in [-0.25, -0.2) is 0 Å². The Labute approximate surface area is 119 Å². The summed E-state index contributed by atoms with van der Waals surface area (Å²) in [6.45, 7) is 5.25. The maximum Gasteiger partial charge on any atom is 0.176 e. The van der Waals surface area contributed by atoms with E-state index in [1.54, 1.807) is 7.05 Å². The maximum atomic E-state index is 4.52. The van der Waals surface area contributed by atoms with Crippen molar-refractivity contribution in [2.75, 3.05) is 6.54 Å². The number of aromatic nitrogens is 6. The van der Waals surface area contributed by atoms with Crippen molar-refractivity contribution < 1.29 is 0 Å². The highest BCUT2D eigenvalue weighted by atomic mass is 15.6. The third-order valence-corrected chi connectivity index (χ3v) is 3.23. The van der Waals surface area contributed by atoms with Crippen molar-refractivity contribution in [3.63, 3.8) is 0 Å². The summed E-state index contributed by atoms with van der Waals surface area (Å²) in [5.74, 6) is 0.756. The molecule has 1 unspecified atom stereocenters. The predicted molar refractivity (Wildman–Crippen MR) is 76.1 cm³/mol. The molecular weight excluding hydrogens is 254 g/mol. The van der Waals surface area contributed by atoms with Gasteiger partial charge in [-0.05, 0) is 24.6 Å². The number of tetrazole rings is 1. The molecular formula is C13H23N7. The second-order valence-electron chi connectivity index (χ2n) is 4.96. The average Bonchev–Trinajstić information content (AvgIpc) is 3.00. The Morgan fingerprint density at radius 3 is 2.65 bits per heavy atom. The van der Waals surface area contributed by atoms with Gasteiger partial charge in [0.25, 0.3) is 0 Å². The van der Waals surface area contributed by atoms with Crippen LogP contribution in [0, 0.1) is 0 Å². The first-order chi connectivity index (χ1) is 9.63. The second kappa shape index (κ2) is 6.60. The molecule has 20 heavy (non-hydrogen) atoms. The average molecular weight is 277 g/mol. The lowest BCUT2D eigenvalue weighted by Crippen LogP contribution is -2.25. The summed E-state index contributed by atoms with van der Waals surface area (Å²) in [7, 11) is 3.74. The van der Waals surface area contributed by atoms with E-state index in [2.05, 4.69) is 45.9 Å². The van der Waals surface area contributed by atoms with Gasteiger partial charge in [-0.3, -0.25) is 4.68 Å². The Bertz CT molecular complexity index is 543. The van der Waals surface area contributed by atoms with Crippen molar-refractivity contribution in [1.82, 2.24) is 35.3 Å². The normalized spacial score (nSPS) is 12.8. The Kier molecular flexibility index (Phi) is 4.84. The van der Waals surface area contributed by atoms with Crippen LogP contribution in [0.5, 0.6) is 0 Å². The van der Waals surface area contributed by atoms with Crippen molar-refractivity contribution in [3.05, 3.63) is 23.3 Å². The van der Waals surface area contributed by atoms with Crippen LogP contribution in [0.1, 0.15) is 43.4 Å². The fraction of sp³-hybridized carbons (Fsp3) is 0.692. The number of hydrogen-bond acceptors (Lipinski definition) is 5. The molecule has 7 nitrogen and oxygen atoms in total. The summed E-state index contributed by atoms with van der Waals surface area (Å²) >= 11 is 0. The van der Waals surface area contributed by atoms with Crippen LogP contribution in [0.25, 0.3) is 0 Å². The fourth-order valence-electron chi connectivity index (χ4n) is 2.32. The monoisotopic (exact) mass is 277 g/mol. The standard InChI is InChI=1S/C13H23N7/c1-5-7-14-12(8-13-15-18-20(4)17-13)10-9-19(3)16-11(10)6-2/h9,12,14H,5-8H2,1-4H3. The molecule has 0 saturated carbocycles. The summed E-state index contributed by atoms with van der Waals surface area (Å²) in [6.07, 6.45) is 4.83. The van der Waals surface area contributed by atoms with E-state index < -0.39 is 0 Å². The van der Waals surface area contributed by atoms with E-state index in [0.29, 0.717) is 0 Å². The van der Waals surface area contributed by atoms with Crippen molar-refractivity contribution in [2.24, 2.45) is 14.1 Å². The Hall–Kier alpha value is -1.76. The van der Waals surface area contributed by atoms with Crippen LogP contribution in [0.3, 0.4) is 0 Å². The number of nitrogens with zero attached hydrogens (tertiary/aromatic N) is 6. The number of hydrogen-bond donors (Lipinski definition) is 1. The minimum atomic E-state index is 0.183. The van der Waals surface area contributed by atoms with E-state index in [9.17, 15) is 0 Å². The predicted octanol–water partition coefficient (Wildman–Crippen LogP) is 0.789. The fourth-order valence-corrected chi connectivity index (χ4v) is 2.32. The molecule has 0 spiro atoms. The van der Waals surface area contributed by atoms with Crippen LogP contribution in [-0.4, -0.2) is 36.5 Å². The van der Waals surface area contributed by atoms with Gasteiger partial charge in [0.05, 0.1) is 12.7 Å². The molecule has 2 aromatic heterocycles. The topological polar surface area (TPSA) is 73.5 Å². The summed E-state index contributed by atoms with van der Waals surface area (Å²) in [5.41, 5.74) is 2.36. The molecule has 0 aliphatic heterocycles. The molecule has 2 aromatic rings. The van der Waals surface area contributed by atoms with Gasteiger partial charge in [0.1, 0.15) is 0 Å². The van der Waals surface area contributed by atoms with Crippen molar-refractivity contribution in [2.45, 2.75) is 39.2 Å². The second-order valence-corrected chi connectivity index (χ2v) is 4.96. The first kappa shape index (κ1) is 14.6. The third-order valence-electron chi connectivity index (χ3n) is 3.23. The van der Waals surface area contributed by atoms with E-state index in [1.165, 1.54) is 10.4 Å².